The summed E-state index contributed by atoms with van der Waals surface area (Å²) in [5.74, 6) is 2.31. The van der Waals surface area contributed by atoms with E-state index in [1.165, 1.54) is 31.4 Å². The summed E-state index contributed by atoms with van der Waals surface area (Å²) in [7, 11) is 1.92. The van der Waals surface area contributed by atoms with Crippen LogP contribution in [0.15, 0.2) is 28.7 Å². The second kappa shape index (κ2) is 6.60. The van der Waals surface area contributed by atoms with Gasteiger partial charge in [0.25, 0.3) is 0 Å². The molecule has 110 valence electrons. The Hall–Kier alpha value is -0.690. The monoisotopic (exact) mass is 457 g/mol. The summed E-state index contributed by atoms with van der Waals surface area (Å²) in [6.07, 6.45) is 5.10. The van der Waals surface area contributed by atoms with Crippen molar-refractivity contribution in [3.8, 4) is 11.4 Å². The van der Waals surface area contributed by atoms with Crippen molar-refractivity contribution in [3.63, 3.8) is 0 Å². The van der Waals surface area contributed by atoms with Gasteiger partial charge >= 0.3 is 0 Å². The largest absolute Gasteiger partial charge is 0.372 e. The molecule has 1 aliphatic rings. The average Bonchev–Trinajstić information content (AvgIpc) is 3.02. The fourth-order valence-corrected chi connectivity index (χ4v) is 4.28. The van der Waals surface area contributed by atoms with Gasteiger partial charge in [-0.1, -0.05) is 47.0 Å². The molecular formula is C16H17BrIN3. The summed E-state index contributed by atoms with van der Waals surface area (Å²) in [6.45, 7) is 0. The highest BCUT2D eigenvalue weighted by molar-refractivity contribution is 14.1. The quantitative estimate of drug-likeness (QED) is 0.643. The number of nitrogens with zero attached hydrogens (tertiary/aromatic N) is 2. The van der Waals surface area contributed by atoms with Crippen LogP contribution in [0, 0.1) is 3.57 Å². The molecule has 3 rings (SSSR count). The molecule has 1 heterocycles. The zero-order valence-corrected chi connectivity index (χ0v) is 15.6. The Kier molecular flexibility index (Phi) is 4.78. The van der Waals surface area contributed by atoms with Crippen molar-refractivity contribution in [3.05, 3.63) is 38.0 Å². The van der Waals surface area contributed by atoms with Gasteiger partial charge in [-0.2, -0.15) is 0 Å². The Morgan fingerprint density at radius 3 is 2.57 bits per heavy atom. The van der Waals surface area contributed by atoms with Crippen molar-refractivity contribution in [1.82, 2.24) is 9.97 Å². The third-order valence-corrected chi connectivity index (χ3v) is 5.73. The molecule has 0 unspecified atom stereocenters. The van der Waals surface area contributed by atoms with Crippen LogP contribution in [0.3, 0.4) is 0 Å². The molecule has 1 saturated carbocycles. The van der Waals surface area contributed by atoms with Gasteiger partial charge in [0, 0.05) is 23.0 Å². The first kappa shape index (κ1) is 15.2. The van der Waals surface area contributed by atoms with Crippen molar-refractivity contribution in [2.75, 3.05) is 12.4 Å². The van der Waals surface area contributed by atoms with E-state index in [4.69, 9.17) is 9.97 Å². The summed E-state index contributed by atoms with van der Waals surface area (Å²) in [5, 5.41) is 3.21. The third kappa shape index (κ3) is 3.08. The fraction of sp³-hybridized carbons (Fsp3) is 0.375. The topological polar surface area (TPSA) is 37.8 Å². The van der Waals surface area contributed by atoms with Crippen LogP contribution < -0.4 is 5.32 Å². The molecule has 1 aromatic heterocycles. The van der Waals surface area contributed by atoms with E-state index in [1.807, 2.05) is 25.2 Å². The van der Waals surface area contributed by atoms with Crippen molar-refractivity contribution in [2.24, 2.45) is 0 Å². The number of halogens is 2. The van der Waals surface area contributed by atoms with Gasteiger partial charge in [0.15, 0.2) is 5.82 Å². The van der Waals surface area contributed by atoms with Crippen LogP contribution in [-0.2, 0) is 0 Å². The Balaban J connectivity index is 2.13. The van der Waals surface area contributed by atoms with E-state index in [1.54, 1.807) is 0 Å². The van der Waals surface area contributed by atoms with Crippen molar-refractivity contribution in [2.45, 2.75) is 31.6 Å². The number of aromatic nitrogens is 2. The molecule has 2 aromatic rings. The van der Waals surface area contributed by atoms with Crippen LogP contribution in [0.2, 0.25) is 0 Å². The van der Waals surface area contributed by atoms with Gasteiger partial charge in [-0.3, -0.25) is 0 Å². The minimum Gasteiger partial charge on any atom is -0.372 e. The number of hydrogen-bond donors (Lipinski definition) is 1. The van der Waals surface area contributed by atoms with E-state index in [2.05, 4.69) is 49.9 Å². The zero-order chi connectivity index (χ0) is 14.8. The smallest absolute Gasteiger partial charge is 0.162 e. The fourth-order valence-electron chi connectivity index (χ4n) is 2.86. The predicted molar refractivity (Wildman–Crippen MR) is 98.6 cm³/mol. The lowest BCUT2D eigenvalue weighted by Crippen LogP contribution is -2.08. The summed E-state index contributed by atoms with van der Waals surface area (Å²) in [6, 6.07) is 8.13. The van der Waals surface area contributed by atoms with E-state index in [9.17, 15) is 0 Å². The molecule has 0 amide bonds. The molecule has 21 heavy (non-hydrogen) atoms. The van der Waals surface area contributed by atoms with E-state index in [0.29, 0.717) is 5.92 Å². The second-order valence-electron chi connectivity index (χ2n) is 5.31. The summed E-state index contributed by atoms with van der Waals surface area (Å²) >= 11 is 5.98. The second-order valence-corrected chi connectivity index (χ2v) is 7.24. The molecule has 3 nitrogen and oxygen atoms in total. The van der Waals surface area contributed by atoms with Gasteiger partial charge in [-0.05, 0) is 41.5 Å². The maximum Gasteiger partial charge on any atom is 0.162 e. The highest BCUT2D eigenvalue weighted by Crippen LogP contribution is 2.38. The van der Waals surface area contributed by atoms with E-state index in [-0.39, 0.29) is 0 Å². The Morgan fingerprint density at radius 1 is 1.19 bits per heavy atom. The summed E-state index contributed by atoms with van der Waals surface area (Å²) in [4.78, 5) is 9.60. The molecule has 0 saturated heterocycles. The first-order valence-corrected chi connectivity index (χ1v) is 9.08. The molecule has 0 spiro atoms. The average molecular weight is 458 g/mol. The Labute approximate surface area is 147 Å². The number of anilines is 1. The van der Waals surface area contributed by atoms with Crippen LogP contribution in [0.25, 0.3) is 11.4 Å². The summed E-state index contributed by atoms with van der Waals surface area (Å²) < 4.78 is 2.20. The van der Waals surface area contributed by atoms with Gasteiger partial charge in [0.2, 0.25) is 0 Å². The maximum absolute atomic E-state index is 4.91. The van der Waals surface area contributed by atoms with Crippen molar-refractivity contribution < 1.29 is 0 Å². The van der Waals surface area contributed by atoms with Crippen LogP contribution in [0.4, 0.5) is 5.82 Å². The molecule has 0 aliphatic heterocycles. The van der Waals surface area contributed by atoms with Crippen LogP contribution >= 0.6 is 38.5 Å². The highest BCUT2D eigenvalue weighted by Gasteiger charge is 2.24. The number of hydrogen-bond acceptors (Lipinski definition) is 3. The summed E-state index contributed by atoms with van der Waals surface area (Å²) in [5.41, 5.74) is 2.25. The minimum atomic E-state index is 0.577. The first-order valence-electron chi connectivity index (χ1n) is 7.20. The zero-order valence-electron chi connectivity index (χ0n) is 11.9. The van der Waals surface area contributed by atoms with Crippen LogP contribution in [-0.4, -0.2) is 17.0 Å². The molecule has 5 heteroatoms. The maximum atomic E-state index is 4.91. The lowest BCUT2D eigenvalue weighted by atomic mass is 10.0. The van der Waals surface area contributed by atoms with Gasteiger partial charge < -0.3 is 5.32 Å². The van der Waals surface area contributed by atoms with Gasteiger partial charge in [-0.25, -0.2) is 9.97 Å². The molecule has 0 atom stereocenters. The van der Waals surface area contributed by atoms with Gasteiger partial charge in [0.1, 0.15) is 5.82 Å². The third-order valence-electron chi connectivity index (χ3n) is 3.97. The number of benzene rings is 1. The Morgan fingerprint density at radius 2 is 1.90 bits per heavy atom. The van der Waals surface area contributed by atoms with Crippen LogP contribution in [0.5, 0.6) is 0 Å². The molecule has 0 bridgehead atoms. The molecule has 0 radical (unpaired) electrons. The minimum absolute atomic E-state index is 0.577. The van der Waals surface area contributed by atoms with E-state index >= 15 is 0 Å². The lowest BCUT2D eigenvalue weighted by Gasteiger charge is -2.16. The highest BCUT2D eigenvalue weighted by atomic mass is 127. The van der Waals surface area contributed by atoms with Crippen molar-refractivity contribution >= 4 is 44.3 Å². The first-order chi connectivity index (χ1) is 10.2. The molecule has 1 aliphatic carbocycles. The lowest BCUT2D eigenvalue weighted by molar-refractivity contribution is 0.691. The molecule has 1 fully saturated rings. The van der Waals surface area contributed by atoms with Crippen LogP contribution in [0.1, 0.15) is 37.3 Å². The molecule has 1 aromatic carbocycles. The Bertz CT molecular complexity index is 654. The van der Waals surface area contributed by atoms with E-state index < -0.39 is 0 Å². The number of rotatable bonds is 3. The van der Waals surface area contributed by atoms with Gasteiger partial charge in [0.05, 0.1) is 9.26 Å². The number of nitrogens with one attached hydrogen (secondary N) is 1. The van der Waals surface area contributed by atoms with Gasteiger partial charge in [-0.15, -0.1) is 0 Å². The van der Waals surface area contributed by atoms with Crippen molar-refractivity contribution in [1.29, 1.82) is 0 Å². The standard InChI is InChI=1S/C16H17BrIN3/c1-19-16-13(18)14(10-6-2-3-7-10)20-15(21-16)11-8-4-5-9-12(11)17/h4-5,8-10H,2-3,6-7H2,1H3,(H,19,20,21). The predicted octanol–water partition coefficient (Wildman–Crippen LogP) is 5.21. The molecule has 1 N–H and O–H groups in total. The molecular weight excluding hydrogens is 441 g/mol. The normalized spacial score (nSPS) is 15.4. The van der Waals surface area contributed by atoms with E-state index in [0.717, 1.165) is 25.2 Å². The SMILES string of the molecule is CNc1nc(-c2ccccc2Br)nc(C2CCCC2)c1I.